The van der Waals surface area contributed by atoms with Crippen LogP contribution in [0.3, 0.4) is 0 Å². The monoisotopic (exact) mass is 180 g/mol. The summed E-state index contributed by atoms with van der Waals surface area (Å²) in [5, 5.41) is 8.46. The largest absolute Gasteiger partial charge is 0.481 e. The Morgan fingerprint density at radius 1 is 1.70 bits per heavy atom. The molecule has 0 aliphatic carbocycles. The predicted molar refractivity (Wildman–Crippen MR) is 48.0 cm³/mol. The van der Waals surface area contributed by atoms with Crippen molar-refractivity contribution in [2.45, 2.75) is 18.6 Å². The molecule has 0 aromatic rings. The zero-order valence-corrected chi connectivity index (χ0v) is 7.61. The predicted octanol–water partition coefficient (Wildman–Crippen LogP) is 1.33. The van der Waals surface area contributed by atoms with Crippen molar-refractivity contribution in [3.05, 3.63) is 0 Å². The molecule has 10 heavy (non-hydrogen) atoms. The Morgan fingerprint density at radius 2 is 2.20 bits per heavy atom. The highest BCUT2D eigenvalue weighted by Gasteiger charge is 2.21. The standard InChI is InChI=1S/C6H12O2S2/c1-2-4(6(7)8)5(10)3-9/h4-5,9-10H,2-3H2,1H3,(H,7,8). The molecule has 0 aromatic carbocycles. The van der Waals surface area contributed by atoms with Crippen LogP contribution in [0.2, 0.25) is 0 Å². The molecule has 1 N–H and O–H groups in total. The summed E-state index contributed by atoms with van der Waals surface area (Å²) in [6, 6.07) is 0. The molecular formula is C6H12O2S2. The summed E-state index contributed by atoms with van der Waals surface area (Å²) in [5.41, 5.74) is 0. The van der Waals surface area contributed by atoms with Gasteiger partial charge in [0.1, 0.15) is 0 Å². The molecule has 2 atom stereocenters. The maximum absolute atomic E-state index is 10.4. The van der Waals surface area contributed by atoms with Gasteiger partial charge in [-0.15, -0.1) is 0 Å². The maximum atomic E-state index is 10.4. The Hall–Kier alpha value is 0.170. The van der Waals surface area contributed by atoms with Gasteiger partial charge in [0.2, 0.25) is 0 Å². The van der Waals surface area contributed by atoms with E-state index in [0.29, 0.717) is 12.2 Å². The van der Waals surface area contributed by atoms with E-state index in [1.54, 1.807) is 0 Å². The van der Waals surface area contributed by atoms with Crippen molar-refractivity contribution in [1.82, 2.24) is 0 Å². The fourth-order valence-corrected chi connectivity index (χ4v) is 1.33. The number of hydrogen-bond acceptors (Lipinski definition) is 3. The van der Waals surface area contributed by atoms with Crippen molar-refractivity contribution >= 4 is 31.2 Å². The number of rotatable bonds is 4. The van der Waals surface area contributed by atoms with E-state index in [1.807, 2.05) is 6.92 Å². The van der Waals surface area contributed by atoms with Crippen LogP contribution < -0.4 is 0 Å². The topological polar surface area (TPSA) is 37.3 Å². The average Bonchev–Trinajstić information content (AvgIpc) is 1.88. The van der Waals surface area contributed by atoms with Gasteiger partial charge in [-0.05, 0) is 6.42 Å². The highest BCUT2D eigenvalue weighted by Crippen LogP contribution is 2.15. The Bertz CT molecular complexity index is 116. The average molecular weight is 180 g/mol. The van der Waals surface area contributed by atoms with E-state index >= 15 is 0 Å². The smallest absolute Gasteiger partial charge is 0.307 e. The molecular weight excluding hydrogens is 168 g/mol. The first-order valence-electron chi connectivity index (χ1n) is 3.15. The van der Waals surface area contributed by atoms with E-state index in [4.69, 9.17) is 5.11 Å². The summed E-state index contributed by atoms with van der Waals surface area (Å²) in [6.45, 7) is 1.84. The van der Waals surface area contributed by atoms with Crippen LogP contribution in [-0.4, -0.2) is 22.1 Å². The van der Waals surface area contributed by atoms with Crippen LogP contribution in [0.25, 0.3) is 0 Å². The number of carbonyl (C=O) groups is 1. The van der Waals surface area contributed by atoms with E-state index in [2.05, 4.69) is 25.3 Å². The fourth-order valence-electron chi connectivity index (χ4n) is 0.739. The molecule has 2 unspecified atom stereocenters. The van der Waals surface area contributed by atoms with E-state index in [1.165, 1.54) is 0 Å². The highest BCUT2D eigenvalue weighted by atomic mass is 32.1. The summed E-state index contributed by atoms with van der Waals surface area (Å²) in [5.74, 6) is -0.633. The van der Waals surface area contributed by atoms with Crippen molar-refractivity contribution in [1.29, 1.82) is 0 Å². The zero-order valence-electron chi connectivity index (χ0n) is 5.82. The van der Waals surface area contributed by atoms with Crippen LogP contribution in [0.4, 0.5) is 0 Å². The van der Waals surface area contributed by atoms with Gasteiger partial charge in [0.05, 0.1) is 5.92 Å². The second-order valence-electron chi connectivity index (χ2n) is 2.10. The van der Waals surface area contributed by atoms with Gasteiger partial charge in [0.25, 0.3) is 0 Å². The zero-order chi connectivity index (χ0) is 8.15. The van der Waals surface area contributed by atoms with E-state index in [0.717, 1.165) is 0 Å². The quantitative estimate of drug-likeness (QED) is 0.571. The lowest BCUT2D eigenvalue weighted by Crippen LogP contribution is -2.24. The third-order valence-electron chi connectivity index (χ3n) is 1.41. The molecule has 0 radical (unpaired) electrons. The van der Waals surface area contributed by atoms with Crippen molar-refractivity contribution in [3.63, 3.8) is 0 Å². The SMILES string of the molecule is CCC(C(=O)O)C(S)CS. The highest BCUT2D eigenvalue weighted by molar-refractivity contribution is 7.84. The van der Waals surface area contributed by atoms with Crippen molar-refractivity contribution in [2.24, 2.45) is 5.92 Å². The van der Waals surface area contributed by atoms with Gasteiger partial charge in [-0.2, -0.15) is 25.3 Å². The lowest BCUT2D eigenvalue weighted by atomic mass is 10.0. The Labute approximate surface area is 71.8 Å². The van der Waals surface area contributed by atoms with E-state index in [9.17, 15) is 4.79 Å². The van der Waals surface area contributed by atoms with Gasteiger partial charge >= 0.3 is 5.97 Å². The normalized spacial score (nSPS) is 16.3. The molecule has 0 fully saturated rings. The molecule has 0 amide bonds. The summed E-state index contributed by atoms with van der Waals surface area (Å²) >= 11 is 8.05. The number of aliphatic carboxylic acids is 1. The third-order valence-corrected chi connectivity index (χ3v) is 2.63. The van der Waals surface area contributed by atoms with Crippen LogP contribution in [0.5, 0.6) is 0 Å². The first-order valence-corrected chi connectivity index (χ1v) is 4.30. The summed E-state index contributed by atoms with van der Waals surface area (Å²) in [6.07, 6.45) is 0.615. The van der Waals surface area contributed by atoms with Crippen molar-refractivity contribution in [2.75, 3.05) is 5.75 Å². The van der Waals surface area contributed by atoms with E-state index in [-0.39, 0.29) is 11.2 Å². The lowest BCUT2D eigenvalue weighted by molar-refractivity contribution is -0.141. The molecule has 0 aromatic heterocycles. The minimum atomic E-state index is -0.781. The summed E-state index contributed by atoms with van der Waals surface area (Å²) < 4.78 is 0. The van der Waals surface area contributed by atoms with Gasteiger partial charge in [-0.1, -0.05) is 6.92 Å². The molecule has 0 aliphatic heterocycles. The van der Waals surface area contributed by atoms with Gasteiger partial charge < -0.3 is 5.11 Å². The lowest BCUT2D eigenvalue weighted by Gasteiger charge is -2.14. The Morgan fingerprint density at radius 3 is 2.30 bits per heavy atom. The van der Waals surface area contributed by atoms with Crippen LogP contribution in [0.1, 0.15) is 13.3 Å². The summed E-state index contributed by atoms with van der Waals surface area (Å²) in [7, 11) is 0. The van der Waals surface area contributed by atoms with E-state index < -0.39 is 5.97 Å². The van der Waals surface area contributed by atoms with Gasteiger partial charge in [-0.25, -0.2) is 0 Å². The molecule has 0 heterocycles. The first-order chi connectivity index (χ1) is 4.63. The van der Waals surface area contributed by atoms with Crippen LogP contribution in [-0.2, 0) is 4.79 Å². The Balaban J connectivity index is 3.92. The molecule has 4 heteroatoms. The third kappa shape index (κ3) is 2.84. The van der Waals surface area contributed by atoms with Crippen molar-refractivity contribution < 1.29 is 9.90 Å². The minimum absolute atomic E-state index is 0.133. The maximum Gasteiger partial charge on any atom is 0.307 e. The van der Waals surface area contributed by atoms with Gasteiger partial charge in [0, 0.05) is 11.0 Å². The Kier molecular flexibility index (Phi) is 4.99. The molecule has 0 aliphatic rings. The molecule has 0 spiro atoms. The minimum Gasteiger partial charge on any atom is -0.481 e. The second-order valence-corrected chi connectivity index (χ2v) is 3.13. The number of carboxylic acid groups (broad SMARTS) is 1. The van der Waals surface area contributed by atoms with Gasteiger partial charge in [0.15, 0.2) is 0 Å². The number of hydrogen-bond donors (Lipinski definition) is 3. The molecule has 0 rings (SSSR count). The molecule has 0 bridgehead atoms. The fraction of sp³-hybridized carbons (Fsp3) is 0.833. The molecule has 60 valence electrons. The van der Waals surface area contributed by atoms with Gasteiger partial charge in [-0.3, -0.25) is 4.79 Å². The second kappa shape index (κ2) is 4.91. The number of carboxylic acids is 1. The van der Waals surface area contributed by atoms with Crippen molar-refractivity contribution in [3.8, 4) is 0 Å². The number of thiol groups is 2. The molecule has 0 saturated heterocycles. The first kappa shape index (κ1) is 10.2. The van der Waals surface area contributed by atoms with Crippen LogP contribution in [0.15, 0.2) is 0 Å². The molecule has 2 nitrogen and oxygen atoms in total. The molecule has 0 saturated carbocycles. The van der Waals surface area contributed by atoms with Crippen LogP contribution in [0, 0.1) is 5.92 Å². The van der Waals surface area contributed by atoms with Crippen LogP contribution >= 0.6 is 25.3 Å². The summed E-state index contributed by atoms with van der Waals surface area (Å²) in [4.78, 5) is 10.4.